The Labute approximate surface area is 234 Å². The van der Waals surface area contributed by atoms with Gasteiger partial charge in [0.15, 0.2) is 11.5 Å². The first-order valence-electron chi connectivity index (χ1n) is 11.9. The zero-order valence-corrected chi connectivity index (χ0v) is 22.9. The molecule has 0 aromatic heterocycles. The number of hydrogen-bond donors (Lipinski definition) is 0. The van der Waals surface area contributed by atoms with E-state index in [0.29, 0.717) is 28.0 Å². The molecule has 0 N–H and O–H groups in total. The van der Waals surface area contributed by atoms with Crippen molar-refractivity contribution in [2.24, 2.45) is 0 Å². The van der Waals surface area contributed by atoms with Crippen molar-refractivity contribution in [2.45, 2.75) is 11.4 Å². The largest absolute Gasteiger partial charge is 0.493 e. The fourth-order valence-corrected chi connectivity index (χ4v) is 5.95. The number of hydrogen-bond acceptors (Lipinski definition) is 6. The number of halogens is 1. The van der Waals surface area contributed by atoms with Crippen molar-refractivity contribution in [1.29, 1.82) is 0 Å². The minimum absolute atomic E-state index is 0.200. The van der Waals surface area contributed by atoms with Gasteiger partial charge < -0.3 is 9.47 Å². The fraction of sp³-hybridized carbons (Fsp3) is 0.133. The van der Waals surface area contributed by atoms with Gasteiger partial charge in [-0.25, -0.2) is 0 Å². The van der Waals surface area contributed by atoms with Crippen LogP contribution >= 0.6 is 35.1 Å². The second-order valence-electron chi connectivity index (χ2n) is 8.48. The quantitative estimate of drug-likeness (QED) is 0.118. The SMILES string of the molecule is COc1cc(/C=C2\SC(=O)N(Cc3ccc(Cl)cc3)C2=O)ccc1OCCSc1cccc2ccccc12. The van der Waals surface area contributed by atoms with Gasteiger partial charge in [-0.2, -0.15) is 0 Å². The molecule has 1 heterocycles. The molecule has 0 unspecified atom stereocenters. The van der Waals surface area contributed by atoms with Crippen molar-refractivity contribution >= 4 is 63.1 Å². The summed E-state index contributed by atoms with van der Waals surface area (Å²) >= 11 is 8.61. The predicted molar refractivity (Wildman–Crippen MR) is 156 cm³/mol. The van der Waals surface area contributed by atoms with Gasteiger partial charge in [-0.05, 0) is 70.1 Å². The molecule has 0 spiro atoms. The number of thioether (sulfide) groups is 2. The van der Waals surface area contributed by atoms with E-state index in [1.165, 1.54) is 20.6 Å². The Kier molecular flexibility index (Phi) is 8.27. The fourth-order valence-electron chi connectivity index (χ4n) is 4.08. The van der Waals surface area contributed by atoms with Crippen LogP contribution in [0.1, 0.15) is 11.1 Å². The predicted octanol–water partition coefficient (Wildman–Crippen LogP) is 7.91. The summed E-state index contributed by atoms with van der Waals surface area (Å²) in [7, 11) is 1.58. The minimum Gasteiger partial charge on any atom is -0.493 e. The van der Waals surface area contributed by atoms with E-state index in [0.717, 1.165) is 28.6 Å². The van der Waals surface area contributed by atoms with Gasteiger partial charge in [0.2, 0.25) is 0 Å². The maximum atomic E-state index is 12.9. The van der Waals surface area contributed by atoms with Crippen molar-refractivity contribution in [3.05, 3.63) is 106 Å². The summed E-state index contributed by atoms with van der Waals surface area (Å²) in [6.07, 6.45) is 1.70. The first kappa shape index (κ1) is 26.2. The molecular formula is C30H24ClNO4S2. The molecular weight excluding hydrogens is 538 g/mol. The lowest BCUT2D eigenvalue weighted by molar-refractivity contribution is -0.123. The molecule has 0 saturated carbocycles. The lowest BCUT2D eigenvalue weighted by Crippen LogP contribution is -2.27. The average molecular weight is 562 g/mol. The van der Waals surface area contributed by atoms with Gasteiger partial charge in [0.05, 0.1) is 25.2 Å². The average Bonchev–Trinajstić information content (AvgIpc) is 3.20. The first-order chi connectivity index (χ1) is 18.5. The topological polar surface area (TPSA) is 55.8 Å². The Morgan fingerprint density at radius 1 is 0.947 bits per heavy atom. The van der Waals surface area contributed by atoms with Crippen LogP contribution in [0.25, 0.3) is 16.8 Å². The van der Waals surface area contributed by atoms with Crippen molar-refractivity contribution in [3.63, 3.8) is 0 Å². The van der Waals surface area contributed by atoms with Crippen LogP contribution in [0.3, 0.4) is 0 Å². The molecule has 5 rings (SSSR count). The molecule has 4 aromatic carbocycles. The highest BCUT2D eigenvalue weighted by molar-refractivity contribution is 8.18. The molecule has 2 amide bonds. The van der Waals surface area contributed by atoms with Crippen molar-refractivity contribution in [1.82, 2.24) is 4.90 Å². The summed E-state index contributed by atoms with van der Waals surface area (Å²) in [4.78, 5) is 28.3. The molecule has 0 bridgehead atoms. The second-order valence-corrected chi connectivity index (χ2v) is 11.0. The van der Waals surface area contributed by atoms with E-state index >= 15 is 0 Å². The highest BCUT2D eigenvalue weighted by Crippen LogP contribution is 2.36. The van der Waals surface area contributed by atoms with Gasteiger partial charge in [-0.15, -0.1) is 11.8 Å². The van der Waals surface area contributed by atoms with Crippen molar-refractivity contribution < 1.29 is 19.1 Å². The Morgan fingerprint density at radius 2 is 1.74 bits per heavy atom. The van der Waals surface area contributed by atoms with Crippen LogP contribution < -0.4 is 9.47 Å². The van der Waals surface area contributed by atoms with E-state index in [1.54, 1.807) is 55.3 Å². The molecule has 1 saturated heterocycles. The van der Waals surface area contributed by atoms with Crippen LogP contribution in [0.5, 0.6) is 11.5 Å². The standard InChI is InChI=1S/C30H24ClNO4S2/c1-35-26-17-21(18-28-29(33)32(30(34)38-28)19-20-9-12-23(31)13-10-20)11-14-25(26)36-15-16-37-27-8-4-6-22-5-2-3-7-24(22)27/h2-14,17-18H,15-16,19H2,1H3/b28-18-. The number of amides is 2. The van der Waals surface area contributed by atoms with Crippen LogP contribution in [0.4, 0.5) is 4.79 Å². The number of imide groups is 1. The zero-order valence-electron chi connectivity index (χ0n) is 20.6. The normalized spacial score (nSPS) is 14.5. The zero-order chi connectivity index (χ0) is 26.5. The number of nitrogens with zero attached hydrogens (tertiary/aromatic N) is 1. The molecule has 8 heteroatoms. The van der Waals surface area contributed by atoms with Crippen LogP contribution in [-0.4, -0.2) is 35.5 Å². The van der Waals surface area contributed by atoms with Gasteiger partial charge in [0.1, 0.15) is 0 Å². The molecule has 1 aliphatic rings. The maximum Gasteiger partial charge on any atom is 0.293 e. The number of carbonyl (C=O) groups is 2. The summed E-state index contributed by atoms with van der Waals surface area (Å²) in [5.74, 6) is 1.65. The van der Waals surface area contributed by atoms with Gasteiger partial charge in [0.25, 0.3) is 11.1 Å². The van der Waals surface area contributed by atoms with E-state index in [4.69, 9.17) is 21.1 Å². The number of carbonyl (C=O) groups excluding carboxylic acids is 2. The lowest BCUT2D eigenvalue weighted by Gasteiger charge is -2.13. The molecule has 0 atom stereocenters. The highest BCUT2D eigenvalue weighted by Gasteiger charge is 2.35. The summed E-state index contributed by atoms with van der Waals surface area (Å²) in [6.45, 7) is 0.708. The number of fused-ring (bicyclic) bond motifs is 1. The highest BCUT2D eigenvalue weighted by atomic mass is 35.5. The third kappa shape index (κ3) is 6.01. The molecule has 192 valence electrons. The third-order valence-electron chi connectivity index (χ3n) is 5.96. The lowest BCUT2D eigenvalue weighted by atomic mass is 10.1. The Bertz CT molecular complexity index is 1520. The third-order valence-corrected chi connectivity index (χ3v) is 8.16. The van der Waals surface area contributed by atoms with E-state index < -0.39 is 0 Å². The Hall–Kier alpha value is -3.39. The van der Waals surface area contributed by atoms with Crippen molar-refractivity contribution in [2.75, 3.05) is 19.5 Å². The molecule has 38 heavy (non-hydrogen) atoms. The van der Waals surface area contributed by atoms with Gasteiger partial charge >= 0.3 is 0 Å². The van der Waals surface area contributed by atoms with Crippen LogP contribution in [0.2, 0.25) is 5.02 Å². The summed E-state index contributed by atoms with van der Waals surface area (Å²) in [5, 5.41) is 2.76. The van der Waals surface area contributed by atoms with E-state index in [-0.39, 0.29) is 17.7 Å². The van der Waals surface area contributed by atoms with E-state index in [2.05, 4.69) is 36.4 Å². The molecule has 5 nitrogen and oxygen atoms in total. The van der Waals surface area contributed by atoms with Crippen LogP contribution in [0, 0.1) is 0 Å². The molecule has 0 aliphatic carbocycles. The van der Waals surface area contributed by atoms with Gasteiger partial charge in [-0.3, -0.25) is 14.5 Å². The summed E-state index contributed by atoms with van der Waals surface area (Å²) < 4.78 is 11.5. The number of ether oxygens (including phenoxy) is 2. The molecule has 0 radical (unpaired) electrons. The van der Waals surface area contributed by atoms with Gasteiger partial charge in [0, 0.05) is 15.7 Å². The van der Waals surface area contributed by atoms with Gasteiger partial charge in [-0.1, -0.05) is 66.2 Å². The summed E-state index contributed by atoms with van der Waals surface area (Å²) in [6, 6.07) is 27.2. The summed E-state index contributed by atoms with van der Waals surface area (Å²) in [5.41, 5.74) is 1.58. The Morgan fingerprint density at radius 3 is 2.55 bits per heavy atom. The minimum atomic E-state index is -0.320. The number of methoxy groups -OCH3 is 1. The first-order valence-corrected chi connectivity index (χ1v) is 14.1. The number of benzene rings is 4. The van der Waals surface area contributed by atoms with Crippen LogP contribution in [-0.2, 0) is 11.3 Å². The van der Waals surface area contributed by atoms with Crippen LogP contribution in [0.15, 0.2) is 94.7 Å². The second kappa shape index (κ2) is 12.0. The van der Waals surface area contributed by atoms with E-state index in [9.17, 15) is 9.59 Å². The molecule has 1 aliphatic heterocycles. The van der Waals surface area contributed by atoms with E-state index in [1.807, 2.05) is 18.2 Å². The number of rotatable bonds is 9. The smallest absolute Gasteiger partial charge is 0.293 e. The monoisotopic (exact) mass is 561 g/mol. The maximum absolute atomic E-state index is 12.9. The van der Waals surface area contributed by atoms with Crippen molar-refractivity contribution in [3.8, 4) is 11.5 Å². The Balaban J connectivity index is 1.22. The molecule has 4 aromatic rings. The molecule has 1 fully saturated rings.